The lowest BCUT2D eigenvalue weighted by Crippen LogP contribution is -2.37. The predicted molar refractivity (Wildman–Crippen MR) is 120 cm³/mol. The lowest BCUT2D eigenvalue weighted by molar-refractivity contribution is 0.368. The minimum Gasteiger partial charge on any atom is -0.359 e. The topological polar surface area (TPSA) is 93.2 Å². The summed E-state index contributed by atoms with van der Waals surface area (Å²) in [5, 5.41) is 19.5. The van der Waals surface area contributed by atoms with Gasteiger partial charge in [-0.05, 0) is 25.7 Å². The van der Waals surface area contributed by atoms with Gasteiger partial charge in [-0.15, -0.1) is 34.2 Å². The molecule has 0 fully saturated rings. The maximum absolute atomic E-state index is 5.46. The summed E-state index contributed by atoms with van der Waals surface area (Å²) in [4.78, 5) is 4.28. The van der Waals surface area contributed by atoms with Crippen LogP contribution in [0.15, 0.2) is 15.6 Å². The number of aromatic nitrogens is 4. The lowest BCUT2D eigenvalue weighted by Gasteiger charge is -2.11. The maximum Gasteiger partial charge on any atom is 0.191 e. The van der Waals surface area contributed by atoms with Crippen molar-refractivity contribution >= 4 is 29.9 Å². The molecule has 2 N–H and O–H groups in total. The largest absolute Gasteiger partial charge is 0.359 e. The van der Waals surface area contributed by atoms with Crippen LogP contribution in [-0.2, 0) is 26.1 Å². The molecule has 0 aliphatic carbocycles. The third-order valence-corrected chi connectivity index (χ3v) is 5.23. The van der Waals surface area contributed by atoms with Gasteiger partial charge in [-0.2, -0.15) is 0 Å². The first-order chi connectivity index (χ1) is 13.2. The van der Waals surface area contributed by atoms with Crippen molar-refractivity contribution in [2.45, 2.75) is 77.9 Å². The summed E-state index contributed by atoms with van der Waals surface area (Å²) in [5.74, 6) is 4.05. The molecule has 28 heavy (non-hydrogen) atoms. The van der Waals surface area contributed by atoms with E-state index in [1.54, 1.807) is 7.05 Å². The Bertz CT molecular complexity index is 751. The third-order valence-electron chi connectivity index (χ3n) is 5.23. The summed E-state index contributed by atoms with van der Waals surface area (Å²) in [5.41, 5.74) is 1.03. The van der Waals surface area contributed by atoms with Crippen LogP contribution in [0.3, 0.4) is 0 Å². The normalized spacial score (nSPS) is 14.4. The molecule has 0 radical (unpaired) electrons. The molecule has 0 aromatic carbocycles. The Balaban J connectivity index is 0.00000280. The Morgan fingerprint density at radius 1 is 1.18 bits per heavy atom. The van der Waals surface area contributed by atoms with Crippen LogP contribution in [0.2, 0.25) is 0 Å². The Morgan fingerprint density at radius 3 is 2.71 bits per heavy atom. The summed E-state index contributed by atoms with van der Waals surface area (Å²) in [6.45, 7) is 6.50. The summed E-state index contributed by atoms with van der Waals surface area (Å²) >= 11 is 0. The highest BCUT2D eigenvalue weighted by Crippen LogP contribution is 2.22. The van der Waals surface area contributed by atoms with Gasteiger partial charge in [0.1, 0.15) is 5.82 Å². The van der Waals surface area contributed by atoms with Crippen LogP contribution >= 0.6 is 24.0 Å². The van der Waals surface area contributed by atoms with Gasteiger partial charge in [0.2, 0.25) is 0 Å². The van der Waals surface area contributed by atoms with Gasteiger partial charge in [0, 0.05) is 32.0 Å². The van der Waals surface area contributed by atoms with Crippen molar-refractivity contribution in [2.75, 3.05) is 7.05 Å². The molecule has 0 saturated carbocycles. The summed E-state index contributed by atoms with van der Waals surface area (Å²) < 4.78 is 7.70. The second kappa shape index (κ2) is 11.4. The Hall–Kier alpha value is -1.65. The molecule has 8 nitrogen and oxygen atoms in total. The number of nitrogens with zero attached hydrogens (tertiary/aromatic N) is 5. The fourth-order valence-corrected chi connectivity index (χ4v) is 3.54. The van der Waals surface area contributed by atoms with Gasteiger partial charge in [-0.3, -0.25) is 4.99 Å². The van der Waals surface area contributed by atoms with Crippen molar-refractivity contribution in [3.05, 3.63) is 29.2 Å². The standard InChI is InChI=1S/C19H31N7O.HI/c1-4-14(5-2)16-11-15(27-25-16)12-21-19(20-3)22-13-18-24-23-17-9-7-6-8-10-26(17)18;/h11,14H,4-10,12-13H2,1-3H3,(H2,20,21,22);1H. The number of aryl methyl sites for hydroxylation is 1. The fourth-order valence-electron chi connectivity index (χ4n) is 3.54. The zero-order valence-corrected chi connectivity index (χ0v) is 19.4. The van der Waals surface area contributed by atoms with Gasteiger partial charge in [0.05, 0.1) is 18.8 Å². The van der Waals surface area contributed by atoms with Crippen molar-refractivity contribution in [3.63, 3.8) is 0 Å². The quantitative estimate of drug-likeness (QED) is 0.343. The smallest absolute Gasteiger partial charge is 0.191 e. The second-order valence-electron chi connectivity index (χ2n) is 7.01. The van der Waals surface area contributed by atoms with Crippen molar-refractivity contribution in [1.82, 2.24) is 30.6 Å². The van der Waals surface area contributed by atoms with E-state index in [1.807, 2.05) is 6.07 Å². The molecule has 0 saturated heterocycles. The van der Waals surface area contributed by atoms with E-state index in [1.165, 1.54) is 19.3 Å². The lowest BCUT2D eigenvalue weighted by atomic mass is 9.99. The fraction of sp³-hybridized carbons (Fsp3) is 0.684. The molecule has 0 bridgehead atoms. The number of hydrogen-bond acceptors (Lipinski definition) is 5. The molecule has 0 amide bonds. The molecule has 0 atom stereocenters. The van der Waals surface area contributed by atoms with Crippen LogP contribution in [-0.4, -0.2) is 32.9 Å². The van der Waals surface area contributed by atoms with Crippen LogP contribution in [0.4, 0.5) is 0 Å². The number of rotatable bonds is 7. The van der Waals surface area contributed by atoms with Crippen molar-refractivity contribution in [3.8, 4) is 0 Å². The third kappa shape index (κ3) is 5.68. The molecule has 1 aliphatic heterocycles. The summed E-state index contributed by atoms with van der Waals surface area (Å²) in [7, 11) is 1.76. The van der Waals surface area contributed by atoms with E-state index in [9.17, 15) is 0 Å². The van der Waals surface area contributed by atoms with Crippen LogP contribution in [0.1, 0.15) is 75.0 Å². The molecule has 156 valence electrons. The van der Waals surface area contributed by atoms with Gasteiger partial charge in [-0.1, -0.05) is 25.4 Å². The number of hydrogen-bond donors (Lipinski definition) is 2. The minimum absolute atomic E-state index is 0. The molecule has 2 aromatic heterocycles. The van der Waals surface area contributed by atoms with E-state index in [-0.39, 0.29) is 24.0 Å². The first-order valence-electron chi connectivity index (χ1n) is 10.1. The first-order valence-corrected chi connectivity index (χ1v) is 10.1. The highest BCUT2D eigenvalue weighted by molar-refractivity contribution is 14.0. The van der Waals surface area contributed by atoms with E-state index < -0.39 is 0 Å². The van der Waals surface area contributed by atoms with Gasteiger partial charge in [-0.25, -0.2) is 0 Å². The number of guanidine groups is 1. The number of aliphatic imine (C=N–C) groups is 1. The monoisotopic (exact) mass is 501 g/mol. The molecular formula is C19H32IN7O. The molecule has 3 heterocycles. The van der Waals surface area contributed by atoms with Crippen molar-refractivity contribution < 1.29 is 4.52 Å². The SMILES string of the molecule is CCC(CC)c1cc(CNC(=NC)NCc2nnc3n2CCCCC3)on1.I. The average Bonchev–Trinajstić information content (AvgIpc) is 3.24. The number of nitrogens with one attached hydrogen (secondary N) is 2. The highest BCUT2D eigenvalue weighted by atomic mass is 127. The molecule has 9 heteroatoms. The van der Waals surface area contributed by atoms with E-state index >= 15 is 0 Å². The first kappa shape index (κ1) is 22.6. The van der Waals surface area contributed by atoms with Gasteiger partial charge < -0.3 is 19.7 Å². The molecule has 0 spiro atoms. The van der Waals surface area contributed by atoms with E-state index in [2.05, 4.69) is 49.4 Å². The number of halogens is 1. The van der Waals surface area contributed by atoms with E-state index in [0.29, 0.717) is 25.0 Å². The maximum atomic E-state index is 5.46. The Morgan fingerprint density at radius 2 is 1.96 bits per heavy atom. The van der Waals surface area contributed by atoms with Crippen LogP contribution in [0, 0.1) is 0 Å². The summed E-state index contributed by atoms with van der Waals surface area (Å²) in [6.07, 6.45) is 6.81. The van der Waals surface area contributed by atoms with Gasteiger partial charge >= 0.3 is 0 Å². The van der Waals surface area contributed by atoms with Crippen LogP contribution in [0.25, 0.3) is 0 Å². The van der Waals surface area contributed by atoms with E-state index in [4.69, 9.17) is 4.52 Å². The molecule has 2 aromatic rings. The average molecular weight is 501 g/mol. The Kier molecular flexibility index (Phi) is 9.20. The van der Waals surface area contributed by atoms with E-state index in [0.717, 1.165) is 48.9 Å². The van der Waals surface area contributed by atoms with Crippen LogP contribution < -0.4 is 10.6 Å². The zero-order valence-electron chi connectivity index (χ0n) is 17.1. The molecule has 1 aliphatic rings. The zero-order chi connectivity index (χ0) is 19.1. The number of fused-ring (bicyclic) bond motifs is 1. The Labute approximate surface area is 184 Å². The van der Waals surface area contributed by atoms with Gasteiger partial charge in [0.15, 0.2) is 17.5 Å². The molecule has 0 unspecified atom stereocenters. The molecular weight excluding hydrogens is 469 g/mol. The van der Waals surface area contributed by atoms with Crippen molar-refractivity contribution in [2.24, 2.45) is 4.99 Å². The van der Waals surface area contributed by atoms with Crippen LogP contribution in [0.5, 0.6) is 0 Å². The summed E-state index contributed by atoms with van der Waals surface area (Å²) in [6, 6.07) is 2.04. The minimum atomic E-state index is 0. The predicted octanol–water partition coefficient (Wildman–Crippen LogP) is 3.38. The molecule has 3 rings (SSSR count). The van der Waals surface area contributed by atoms with Gasteiger partial charge in [0.25, 0.3) is 0 Å². The second-order valence-corrected chi connectivity index (χ2v) is 7.01. The highest BCUT2D eigenvalue weighted by Gasteiger charge is 2.15. The van der Waals surface area contributed by atoms with Crippen molar-refractivity contribution in [1.29, 1.82) is 0 Å².